The second-order valence-corrected chi connectivity index (χ2v) is 7.21. The number of rotatable bonds is 6. The number of carbonyl (C=O) groups is 1. The Hall–Kier alpha value is -2.80. The third-order valence-electron chi connectivity index (χ3n) is 4.14. The lowest BCUT2D eigenvalue weighted by Gasteiger charge is -2.07. The van der Waals surface area contributed by atoms with Gasteiger partial charge in [0.25, 0.3) is 5.91 Å². The molecule has 138 valence electrons. The van der Waals surface area contributed by atoms with Gasteiger partial charge in [-0.3, -0.25) is 4.79 Å². The zero-order chi connectivity index (χ0) is 18.8. The van der Waals surface area contributed by atoms with Crippen molar-refractivity contribution in [2.45, 2.75) is 25.5 Å². The molecule has 1 fully saturated rings. The van der Waals surface area contributed by atoms with Crippen LogP contribution in [0.25, 0.3) is 10.6 Å². The van der Waals surface area contributed by atoms with Crippen molar-refractivity contribution in [2.75, 3.05) is 0 Å². The summed E-state index contributed by atoms with van der Waals surface area (Å²) in [6, 6.07) is 11.2. The Bertz CT molecular complexity index is 968. The van der Waals surface area contributed by atoms with Crippen LogP contribution in [-0.4, -0.2) is 16.9 Å². The van der Waals surface area contributed by atoms with Crippen LogP contribution in [0.2, 0.25) is 0 Å². The number of aromatic nitrogens is 1. The molecule has 0 spiro atoms. The third kappa shape index (κ3) is 4.31. The summed E-state index contributed by atoms with van der Waals surface area (Å²) in [6.07, 6.45) is 2.07. The fourth-order valence-corrected chi connectivity index (χ4v) is 3.29. The van der Waals surface area contributed by atoms with E-state index in [2.05, 4.69) is 10.3 Å². The zero-order valence-electron chi connectivity index (χ0n) is 14.2. The maximum atomic E-state index is 13.2. The lowest BCUT2D eigenvalue weighted by Crippen LogP contribution is -2.25. The fourth-order valence-electron chi connectivity index (χ4n) is 2.49. The first-order valence-electron chi connectivity index (χ1n) is 8.52. The Morgan fingerprint density at radius 3 is 2.63 bits per heavy atom. The summed E-state index contributed by atoms with van der Waals surface area (Å²) < 4.78 is 31.8. The standard InChI is InChI=1S/C20H16F2N2O2S/c21-16-8-1-12(9-17(16)22)10-26-15-6-2-13(3-7-15)20-24-18(11-27-20)19(25)23-14-4-5-14/h1-3,6-9,11,14H,4-5,10H2,(H,23,25). The molecule has 1 aliphatic rings. The number of halogens is 2. The molecule has 0 atom stereocenters. The van der Waals surface area contributed by atoms with E-state index in [0.717, 1.165) is 35.5 Å². The Kier molecular flexibility index (Phi) is 4.85. The van der Waals surface area contributed by atoms with Gasteiger partial charge in [-0.25, -0.2) is 13.8 Å². The highest BCUT2D eigenvalue weighted by atomic mass is 32.1. The molecule has 1 N–H and O–H groups in total. The van der Waals surface area contributed by atoms with Gasteiger partial charge in [0, 0.05) is 17.0 Å². The first-order valence-corrected chi connectivity index (χ1v) is 9.40. The number of hydrogen-bond acceptors (Lipinski definition) is 4. The summed E-state index contributed by atoms with van der Waals surface area (Å²) in [6.45, 7) is 0.138. The molecule has 4 nitrogen and oxygen atoms in total. The van der Waals surface area contributed by atoms with E-state index in [1.807, 2.05) is 12.1 Å². The molecule has 1 heterocycles. The summed E-state index contributed by atoms with van der Waals surface area (Å²) in [5.41, 5.74) is 1.86. The molecule has 1 saturated carbocycles. The van der Waals surface area contributed by atoms with Gasteiger partial charge in [-0.2, -0.15) is 0 Å². The van der Waals surface area contributed by atoms with Gasteiger partial charge in [-0.15, -0.1) is 11.3 Å². The number of thiazole rings is 1. The van der Waals surface area contributed by atoms with Crippen molar-refractivity contribution in [1.82, 2.24) is 10.3 Å². The van der Waals surface area contributed by atoms with Crippen LogP contribution < -0.4 is 10.1 Å². The summed E-state index contributed by atoms with van der Waals surface area (Å²) in [5, 5.41) is 5.42. The van der Waals surface area contributed by atoms with Crippen molar-refractivity contribution >= 4 is 17.2 Å². The van der Waals surface area contributed by atoms with Crippen LogP contribution in [0.5, 0.6) is 5.75 Å². The molecule has 0 aliphatic heterocycles. The molecule has 0 radical (unpaired) electrons. The van der Waals surface area contributed by atoms with Gasteiger partial charge in [0.15, 0.2) is 11.6 Å². The minimum Gasteiger partial charge on any atom is -0.489 e. The molecule has 4 rings (SSSR count). The molecule has 2 aromatic carbocycles. The highest BCUT2D eigenvalue weighted by molar-refractivity contribution is 7.13. The van der Waals surface area contributed by atoms with Gasteiger partial charge >= 0.3 is 0 Å². The molecule has 3 aromatic rings. The molecule has 7 heteroatoms. The number of nitrogens with zero attached hydrogens (tertiary/aromatic N) is 1. The van der Waals surface area contributed by atoms with Crippen molar-refractivity contribution in [1.29, 1.82) is 0 Å². The van der Waals surface area contributed by atoms with Crippen molar-refractivity contribution in [2.24, 2.45) is 0 Å². The van der Waals surface area contributed by atoms with Crippen LogP contribution in [0.1, 0.15) is 28.9 Å². The molecular weight excluding hydrogens is 370 g/mol. The van der Waals surface area contributed by atoms with Crippen LogP contribution in [0.15, 0.2) is 47.8 Å². The lowest BCUT2D eigenvalue weighted by atomic mass is 10.2. The van der Waals surface area contributed by atoms with Gasteiger partial charge < -0.3 is 10.1 Å². The maximum absolute atomic E-state index is 13.2. The quantitative estimate of drug-likeness (QED) is 0.676. The highest BCUT2D eigenvalue weighted by Gasteiger charge is 2.24. The summed E-state index contributed by atoms with van der Waals surface area (Å²) in [4.78, 5) is 16.4. The van der Waals surface area contributed by atoms with Gasteiger partial charge in [0.1, 0.15) is 23.1 Å². The predicted octanol–water partition coefficient (Wildman–Crippen LogP) is 4.56. The van der Waals surface area contributed by atoms with Crippen LogP contribution in [-0.2, 0) is 6.61 Å². The molecule has 1 aliphatic carbocycles. The van der Waals surface area contributed by atoms with E-state index in [1.165, 1.54) is 17.4 Å². The SMILES string of the molecule is O=C(NC1CC1)c1csc(-c2ccc(OCc3ccc(F)c(F)c3)cc2)n1. The summed E-state index contributed by atoms with van der Waals surface area (Å²) in [5.74, 6) is -1.30. The number of benzene rings is 2. The largest absolute Gasteiger partial charge is 0.489 e. The first kappa shape index (κ1) is 17.6. The number of nitrogens with one attached hydrogen (secondary N) is 1. The van der Waals surface area contributed by atoms with Gasteiger partial charge in [-0.05, 0) is 54.8 Å². The molecular formula is C20H16F2N2O2S. The minimum absolute atomic E-state index is 0.133. The monoisotopic (exact) mass is 386 g/mol. The molecule has 1 amide bonds. The van der Waals surface area contributed by atoms with E-state index < -0.39 is 11.6 Å². The van der Waals surface area contributed by atoms with Crippen molar-refractivity contribution in [3.63, 3.8) is 0 Å². The Balaban J connectivity index is 1.39. The number of carbonyl (C=O) groups excluding carboxylic acids is 1. The maximum Gasteiger partial charge on any atom is 0.270 e. The zero-order valence-corrected chi connectivity index (χ0v) is 15.1. The predicted molar refractivity (Wildman–Crippen MR) is 98.7 cm³/mol. The second-order valence-electron chi connectivity index (χ2n) is 6.35. The molecule has 27 heavy (non-hydrogen) atoms. The molecule has 0 unspecified atom stereocenters. The van der Waals surface area contributed by atoms with Gasteiger partial charge in [0.2, 0.25) is 0 Å². The van der Waals surface area contributed by atoms with Gasteiger partial charge in [-0.1, -0.05) is 6.07 Å². The second kappa shape index (κ2) is 7.44. The van der Waals surface area contributed by atoms with Crippen LogP contribution >= 0.6 is 11.3 Å². The van der Waals surface area contributed by atoms with E-state index in [4.69, 9.17) is 4.74 Å². The third-order valence-corrected chi connectivity index (χ3v) is 5.03. The lowest BCUT2D eigenvalue weighted by molar-refractivity contribution is 0.0947. The molecule has 0 bridgehead atoms. The Morgan fingerprint density at radius 1 is 1.15 bits per heavy atom. The summed E-state index contributed by atoms with van der Waals surface area (Å²) in [7, 11) is 0. The fraction of sp³-hybridized carbons (Fsp3) is 0.200. The van der Waals surface area contributed by atoms with E-state index in [9.17, 15) is 13.6 Å². The van der Waals surface area contributed by atoms with Crippen LogP contribution in [0.3, 0.4) is 0 Å². The number of amides is 1. The smallest absolute Gasteiger partial charge is 0.270 e. The van der Waals surface area contributed by atoms with E-state index >= 15 is 0 Å². The van der Waals surface area contributed by atoms with Crippen molar-refractivity contribution < 1.29 is 18.3 Å². The van der Waals surface area contributed by atoms with Crippen LogP contribution in [0.4, 0.5) is 8.78 Å². The Labute approximate surface area is 158 Å². The number of hydrogen-bond donors (Lipinski definition) is 1. The normalized spacial score (nSPS) is 13.4. The number of ether oxygens (including phenoxy) is 1. The first-order chi connectivity index (χ1) is 13.1. The van der Waals surface area contributed by atoms with E-state index in [0.29, 0.717) is 23.0 Å². The van der Waals surface area contributed by atoms with E-state index in [1.54, 1.807) is 17.5 Å². The average Bonchev–Trinajstić information content (AvgIpc) is 3.34. The summed E-state index contributed by atoms with van der Waals surface area (Å²) >= 11 is 1.41. The molecule has 0 saturated heterocycles. The molecule has 1 aromatic heterocycles. The average molecular weight is 386 g/mol. The van der Waals surface area contributed by atoms with Crippen molar-refractivity contribution in [3.8, 4) is 16.3 Å². The topological polar surface area (TPSA) is 51.2 Å². The van der Waals surface area contributed by atoms with Crippen LogP contribution in [0, 0.1) is 11.6 Å². The minimum atomic E-state index is -0.892. The highest BCUT2D eigenvalue weighted by Crippen LogP contribution is 2.27. The van der Waals surface area contributed by atoms with Crippen molar-refractivity contribution in [3.05, 3.63) is 70.7 Å². The Morgan fingerprint density at radius 2 is 1.93 bits per heavy atom. The van der Waals surface area contributed by atoms with Gasteiger partial charge in [0.05, 0.1) is 0 Å². The van der Waals surface area contributed by atoms with E-state index in [-0.39, 0.29) is 12.5 Å².